The molecule has 0 aliphatic carbocycles. The largest absolute Gasteiger partial charge is 0.506 e. The van der Waals surface area contributed by atoms with Gasteiger partial charge >= 0.3 is 0 Å². The summed E-state index contributed by atoms with van der Waals surface area (Å²) in [5, 5.41) is 27.9. The van der Waals surface area contributed by atoms with E-state index < -0.39 is 6.10 Å². The molecule has 0 saturated carbocycles. The molecule has 0 unspecified atom stereocenters. The molecule has 8 nitrogen and oxygen atoms in total. The van der Waals surface area contributed by atoms with Crippen LogP contribution in [-0.2, 0) is 11.2 Å². The normalized spacial score (nSPS) is 15.8. The number of H-pyrrole nitrogens is 1. The van der Waals surface area contributed by atoms with E-state index in [-0.39, 0.29) is 17.2 Å². The number of carbonyl (C=O) groups is 1. The van der Waals surface area contributed by atoms with Crippen LogP contribution in [0, 0.1) is 0 Å². The van der Waals surface area contributed by atoms with E-state index in [2.05, 4.69) is 32.7 Å². The smallest absolute Gasteiger partial charge is 0.248 e. The average molecular weight is 479 g/mol. The Morgan fingerprint density at radius 2 is 1.86 bits per heavy atom. The number of likely N-dealkylation sites (tertiary alicyclic amines) is 1. The summed E-state index contributed by atoms with van der Waals surface area (Å²) in [6, 6.07) is 16.6. The summed E-state index contributed by atoms with van der Waals surface area (Å²) >= 11 is 0. The minimum atomic E-state index is -0.762. The third-order valence-corrected chi connectivity index (χ3v) is 6.69. The van der Waals surface area contributed by atoms with E-state index in [0.717, 1.165) is 38.9 Å². The lowest BCUT2D eigenvalue weighted by atomic mass is 10.0. The highest BCUT2D eigenvalue weighted by molar-refractivity contribution is 5.87. The quantitative estimate of drug-likeness (QED) is 0.305. The topological polar surface area (TPSA) is 118 Å². The van der Waals surface area contributed by atoms with Gasteiger partial charge in [0.05, 0.1) is 11.6 Å². The molecular weight excluding hydrogens is 444 g/mol. The van der Waals surface area contributed by atoms with Gasteiger partial charge in [-0.1, -0.05) is 36.4 Å². The Morgan fingerprint density at radius 3 is 2.63 bits per heavy atom. The van der Waals surface area contributed by atoms with Gasteiger partial charge in [0.2, 0.25) is 11.5 Å². The third kappa shape index (κ3) is 6.91. The number of nitrogens with one attached hydrogen (secondary N) is 3. The van der Waals surface area contributed by atoms with Crippen molar-refractivity contribution in [2.75, 3.05) is 32.7 Å². The number of phenols is 1. The van der Waals surface area contributed by atoms with Crippen molar-refractivity contribution >= 4 is 16.8 Å². The minimum absolute atomic E-state index is 0.0149. The van der Waals surface area contributed by atoms with Gasteiger partial charge in [0.15, 0.2) is 0 Å². The fourth-order valence-corrected chi connectivity index (χ4v) is 4.64. The van der Waals surface area contributed by atoms with Crippen molar-refractivity contribution in [2.45, 2.75) is 37.8 Å². The van der Waals surface area contributed by atoms with Gasteiger partial charge in [0.1, 0.15) is 5.75 Å². The number of aromatic hydroxyl groups is 1. The SMILES string of the molecule is O=C(CCN1CCC(NC[C@H](O)c2ccc(O)c3[nH]c(=O)ccc23)CC1)NCCc1ccccc1. The number of rotatable bonds is 10. The molecule has 3 aromatic rings. The summed E-state index contributed by atoms with van der Waals surface area (Å²) in [4.78, 5) is 28.7. The molecule has 0 bridgehead atoms. The first-order chi connectivity index (χ1) is 17.0. The Balaban J connectivity index is 1.16. The van der Waals surface area contributed by atoms with Crippen LogP contribution in [0.3, 0.4) is 0 Å². The van der Waals surface area contributed by atoms with Crippen LogP contribution in [0.4, 0.5) is 0 Å². The predicted octanol–water partition coefficient (Wildman–Crippen LogP) is 2.07. The zero-order valence-corrected chi connectivity index (χ0v) is 19.9. The number of aromatic amines is 1. The molecule has 2 aromatic carbocycles. The highest BCUT2D eigenvalue weighted by Gasteiger charge is 2.21. The fraction of sp³-hybridized carbons (Fsp3) is 0.407. The van der Waals surface area contributed by atoms with Crippen molar-refractivity contribution < 1.29 is 15.0 Å². The fourth-order valence-electron chi connectivity index (χ4n) is 4.64. The highest BCUT2D eigenvalue weighted by atomic mass is 16.3. The molecule has 1 amide bonds. The number of hydrogen-bond donors (Lipinski definition) is 5. The van der Waals surface area contributed by atoms with Crippen LogP contribution >= 0.6 is 0 Å². The van der Waals surface area contributed by atoms with Gasteiger partial charge in [0.25, 0.3) is 0 Å². The van der Waals surface area contributed by atoms with Crippen LogP contribution in [-0.4, -0.2) is 64.8 Å². The van der Waals surface area contributed by atoms with Gasteiger partial charge in [-0.3, -0.25) is 9.59 Å². The summed E-state index contributed by atoms with van der Waals surface area (Å²) in [5.41, 5.74) is 1.93. The lowest BCUT2D eigenvalue weighted by Gasteiger charge is -2.32. The first-order valence-electron chi connectivity index (χ1n) is 12.3. The van der Waals surface area contributed by atoms with Crippen molar-refractivity contribution in [2.24, 2.45) is 0 Å². The van der Waals surface area contributed by atoms with Crippen molar-refractivity contribution in [3.63, 3.8) is 0 Å². The van der Waals surface area contributed by atoms with Crippen LogP contribution in [0.2, 0.25) is 0 Å². The molecule has 2 heterocycles. The van der Waals surface area contributed by atoms with Crippen LogP contribution in [0.1, 0.15) is 36.5 Å². The predicted molar refractivity (Wildman–Crippen MR) is 136 cm³/mol. The summed E-state index contributed by atoms with van der Waals surface area (Å²) < 4.78 is 0. The molecule has 1 atom stereocenters. The Bertz CT molecular complexity index is 1170. The van der Waals surface area contributed by atoms with Crippen LogP contribution in [0.25, 0.3) is 10.9 Å². The summed E-state index contributed by atoms with van der Waals surface area (Å²) in [6.45, 7) is 3.62. The van der Waals surface area contributed by atoms with E-state index in [1.165, 1.54) is 17.7 Å². The van der Waals surface area contributed by atoms with Crippen LogP contribution in [0.15, 0.2) is 59.4 Å². The van der Waals surface area contributed by atoms with Crippen molar-refractivity contribution in [1.29, 1.82) is 0 Å². The van der Waals surface area contributed by atoms with Gasteiger partial charge in [-0.15, -0.1) is 0 Å². The first kappa shape index (κ1) is 24.9. The van der Waals surface area contributed by atoms with E-state index in [1.54, 1.807) is 12.1 Å². The molecule has 1 aromatic heterocycles. The second kappa shape index (κ2) is 12.0. The second-order valence-electron chi connectivity index (χ2n) is 9.16. The number of aliphatic hydroxyl groups excluding tert-OH is 1. The van der Waals surface area contributed by atoms with Gasteiger partial charge in [0, 0.05) is 43.5 Å². The molecule has 4 rings (SSSR count). The highest BCUT2D eigenvalue weighted by Crippen LogP contribution is 2.28. The number of amides is 1. The van der Waals surface area contributed by atoms with E-state index >= 15 is 0 Å². The summed E-state index contributed by atoms with van der Waals surface area (Å²) in [5.74, 6) is 0.0747. The number of fused-ring (bicyclic) bond motifs is 1. The number of benzene rings is 2. The minimum Gasteiger partial charge on any atom is -0.506 e. The molecule has 0 spiro atoms. The Labute approximate surface area is 205 Å². The Morgan fingerprint density at radius 1 is 1.09 bits per heavy atom. The molecule has 1 saturated heterocycles. The number of aliphatic hydroxyl groups is 1. The number of hydrogen-bond acceptors (Lipinski definition) is 6. The maximum Gasteiger partial charge on any atom is 0.248 e. The average Bonchev–Trinajstić information content (AvgIpc) is 2.88. The zero-order chi connectivity index (χ0) is 24.6. The second-order valence-corrected chi connectivity index (χ2v) is 9.16. The lowest BCUT2D eigenvalue weighted by Crippen LogP contribution is -2.44. The molecule has 8 heteroatoms. The number of piperidine rings is 1. The molecule has 5 N–H and O–H groups in total. The molecule has 186 valence electrons. The van der Waals surface area contributed by atoms with Crippen molar-refractivity contribution in [3.8, 4) is 5.75 Å². The Hall–Kier alpha value is -3.20. The van der Waals surface area contributed by atoms with Gasteiger partial charge in [-0.05, 0) is 55.6 Å². The van der Waals surface area contributed by atoms with Gasteiger partial charge in [-0.25, -0.2) is 0 Å². The molecule has 1 aliphatic heterocycles. The summed E-state index contributed by atoms with van der Waals surface area (Å²) in [6.07, 6.45) is 2.48. The van der Waals surface area contributed by atoms with Crippen LogP contribution in [0.5, 0.6) is 5.75 Å². The number of aromatic nitrogens is 1. The summed E-state index contributed by atoms with van der Waals surface area (Å²) in [7, 11) is 0. The number of carbonyl (C=O) groups excluding carboxylic acids is 1. The van der Waals surface area contributed by atoms with E-state index in [0.29, 0.717) is 42.0 Å². The van der Waals surface area contributed by atoms with Crippen molar-refractivity contribution in [1.82, 2.24) is 20.5 Å². The molecule has 0 radical (unpaired) electrons. The first-order valence-corrected chi connectivity index (χ1v) is 12.3. The lowest BCUT2D eigenvalue weighted by molar-refractivity contribution is -0.121. The molecule has 35 heavy (non-hydrogen) atoms. The number of nitrogens with zero attached hydrogens (tertiary/aromatic N) is 1. The van der Waals surface area contributed by atoms with Gasteiger partial charge < -0.3 is 30.7 Å². The molecule has 1 fully saturated rings. The maximum atomic E-state index is 12.2. The standard InChI is InChI=1S/C27H34N4O4/c32-23-8-6-21(22-7-9-26(35)30-27(22)23)24(33)18-29-20-11-15-31(16-12-20)17-13-25(34)28-14-10-19-4-2-1-3-5-19/h1-9,20,24,29,32-33H,10-18H2,(H,28,34)(H,30,35)/t24-/m0/s1. The van der Waals surface area contributed by atoms with Gasteiger partial charge in [-0.2, -0.15) is 0 Å². The van der Waals surface area contributed by atoms with E-state index in [9.17, 15) is 19.8 Å². The van der Waals surface area contributed by atoms with Crippen LogP contribution < -0.4 is 16.2 Å². The number of phenolic OH excluding ortho intramolecular Hbond substituents is 1. The Kier molecular flexibility index (Phi) is 8.52. The van der Waals surface area contributed by atoms with Crippen molar-refractivity contribution in [3.05, 3.63) is 76.1 Å². The monoisotopic (exact) mass is 478 g/mol. The maximum absolute atomic E-state index is 12.2. The molecular formula is C27H34N4O4. The zero-order valence-electron chi connectivity index (χ0n) is 19.9. The third-order valence-electron chi connectivity index (χ3n) is 6.69. The van der Waals surface area contributed by atoms with E-state index in [1.807, 2.05) is 18.2 Å². The van der Waals surface area contributed by atoms with E-state index in [4.69, 9.17) is 0 Å². The molecule has 1 aliphatic rings. The number of pyridine rings is 1.